The Hall–Kier alpha value is -2.87. The number of nitrogens with zero attached hydrogens (tertiary/aromatic N) is 1. The van der Waals surface area contributed by atoms with Crippen LogP contribution in [0.1, 0.15) is 21.5 Å². The number of aliphatic imine (C=N–C) groups is 1. The molecule has 1 aliphatic heterocycles. The minimum atomic E-state index is -3.68. The molecule has 7 nitrogen and oxygen atoms in total. The van der Waals surface area contributed by atoms with Gasteiger partial charge in [-0.2, -0.15) is 4.99 Å². The van der Waals surface area contributed by atoms with Gasteiger partial charge in [0.1, 0.15) is 16.4 Å². The standard InChI is InChI=1S/C16H15N3O4S/c1-9-6-13-14(7-11(9)15(20)19-16(17)18)24(21,22)8-10-4-2-3-5-12(10)23-13/h2-7H,8H2,1H3,(H4,17,18,19,20). The van der Waals surface area contributed by atoms with Gasteiger partial charge >= 0.3 is 0 Å². The van der Waals surface area contributed by atoms with Crippen LogP contribution in [0.3, 0.4) is 0 Å². The summed E-state index contributed by atoms with van der Waals surface area (Å²) < 4.78 is 31.1. The van der Waals surface area contributed by atoms with Crippen molar-refractivity contribution in [1.82, 2.24) is 0 Å². The number of guanidine groups is 1. The number of nitrogens with two attached hydrogens (primary N) is 2. The summed E-state index contributed by atoms with van der Waals surface area (Å²) in [6, 6.07) is 9.67. The van der Waals surface area contributed by atoms with Crippen molar-refractivity contribution in [1.29, 1.82) is 0 Å². The fraction of sp³-hybridized carbons (Fsp3) is 0.125. The van der Waals surface area contributed by atoms with Gasteiger partial charge in [0.2, 0.25) is 0 Å². The molecule has 24 heavy (non-hydrogen) atoms. The zero-order valence-electron chi connectivity index (χ0n) is 12.8. The van der Waals surface area contributed by atoms with Crippen molar-refractivity contribution in [3.8, 4) is 11.5 Å². The van der Waals surface area contributed by atoms with Gasteiger partial charge in [-0.15, -0.1) is 0 Å². The fourth-order valence-corrected chi connectivity index (χ4v) is 4.02. The first-order valence-corrected chi connectivity index (χ1v) is 8.70. The summed E-state index contributed by atoms with van der Waals surface area (Å²) in [6.07, 6.45) is 0. The quantitative estimate of drug-likeness (QED) is 0.596. The van der Waals surface area contributed by atoms with E-state index < -0.39 is 15.7 Å². The lowest BCUT2D eigenvalue weighted by atomic mass is 10.1. The molecule has 124 valence electrons. The van der Waals surface area contributed by atoms with Crippen molar-refractivity contribution in [2.24, 2.45) is 16.5 Å². The van der Waals surface area contributed by atoms with E-state index >= 15 is 0 Å². The maximum absolute atomic E-state index is 12.7. The maximum atomic E-state index is 12.7. The number of hydrogen-bond donors (Lipinski definition) is 2. The number of para-hydroxylation sites is 1. The van der Waals surface area contributed by atoms with Crippen LogP contribution in [0.15, 0.2) is 46.3 Å². The zero-order chi connectivity index (χ0) is 17.5. The normalized spacial score (nSPS) is 14.5. The molecule has 3 rings (SSSR count). The van der Waals surface area contributed by atoms with Crippen LogP contribution in [-0.4, -0.2) is 20.3 Å². The van der Waals surface area contributed by atoms with Crippen molar-refractivity contribution >= 4 is 21.7 Å². The monoisotopic (exact) mass is 345 g/mol. The van der Waals surface area contributed by atoms with E-state index in [9.17, 15) is 13.2 Å². The number of benzene rings is 2. The lowest BCUT2D eigenvalue weighted by Crippen LogP contribution is -2.24. The average molecular weight is 345 g/mol. The third kappa shape index (κ3) is 2.83. The molecule has 0 unspecified atom stereocenters. The molecule has 1 aliphatic rings. The van der Waals surface area contributed by atoms with E-state index in [1.165, 1.54) is 12.1 Å². The number of hydrogen-bond acceptors (Lipinski definition) is 4. The highest BCUT2D eigenvalue weighted by molar-refractivity contribution is 7.90. The van der Waals surface area contributed by atoms with Crippen molar-refractivity contribution in [2.75, 3.05) is 0 Å². The Labute approximate surface area is 138 Å². The number of carbonyl (C=O) groups excluding carboxylic acids is 1. The van der Waals surface area contributed by atoms with Gasteiger partial charge in [0.25, 0.3) is 5.91 Å². The summed E-state index contributed by atoms with van der Waals surface area (Å²) in [6.45, 7) is 1.66. The highest BCUT2D eigenvalue weighted by Gasteiger charge is 2.28. The van der Waals surface area contributed by atoms with Gasteiger partial charge in [0.15, 0.2) is 15.8 Å². The number of rotatable bonds is 1. The molecule has 8 heteroatoms. The first kappa shape index (κ1) is 16.0. The van der Waals surface area contributed by atoms with Crippen molar-refractivity contribution in [2.45, 2.75) is 17.6 Å². The van der Waals surface area contributed by atoms with Gasteiger partial charge in [0, 0.05) is 11.1 Å². The van der Waals surface area contributed by atoms with Crippen LogP contribution < -0.4 is 16.2 Å². The van der Waals surface area contributed by atoms with Crippen LogP contribution in [0.4, 0.5) is 0 Å². The van der Waals surface area contributed by atoms with Gasteiger partial charge in [0.05, 0.1) is 5.75 Å². The highest BCUT2D eigenvalue weighted by atomic mass is 32.2. The first-order chi connectivity index (χ1) is 11.3. The van der Waals surface area contributed by atoms with Crippen LogP contribution in [0.5, 0.6) is 11.5 Å². The number of fused-ring (bicyclic) bond motifs is 2. The second-order valence-corrected chi connectivity index (χ2v) is 7.38. The van der Waals surface area contributed by atoms with Crippen LogP contribution in [-0.2, 0) is 15.6 Å². The zero-order valence-corrected chi connectivity index (χ0v) is 13.6. The van der Waals surface area contributed by atoms with Crippen LogP contribution in [0, 0.1) is 6.92 Å². The molecule has 0 atom stereocenters. The number of sulfone groups is 1. The number of carbonyl (C=O) groups is 1. The van der Waals surface area contributed by atoms with E-state index in [1.54, 1.807) is 31.2 Å². The Balaban J connectivity index is 2.20. The van der Waals surface area contributed by atoms with Crippen LogP contribution >= 0.6 is 0 Å². The molecule has 0 spiro atoms. The summed E-state index contributed by atoms with van der Waals surface area (Å²) in [5, 5.41) is 0. The smallest absolute Gasteiger partial charge is 0.280 e. The summed E-state index contributed by atoms with van der Waals surface area (Å²) in [5.41, 5.74) is 11.6. The predicted molar refractivity (Wildman–Crippen MR) is 88.7 cm³/mol. The Morgan fingerprint density at radius 3 is 2.58 bits per heavy atom. The lowest BCUT2D eigenvalue weighted by molar-refractivity contribution is 0.100. The number of aryl methyl sites for hydroxylation is 1. The minimum Gasteiger partial charge on any atom is -0.456 e. The molecular weight excluding hydrogens is 330 g/mol. The van der Waals surface area contributed by atoms with E-state index in [4.69, 9.17) is 16.2 Å². The van der Waals surface area contributed by atoms with Crippen molar-refractivity contribution < 1.29 is 17.9 Å². The lowest BCUT2D eigenvalue weighted by Gasteiger charge is -2.11. The predicted octanol–water partition coefficient (Wildman–Crippen LogP) is 1.49. The Morgan fingerprint density at radius 1 is 1.17 bits per heavy atom. The molecule has 2 aromatic carbocycles. The molecule has 1 amide bonds. The van der Waals surface area contributed by atoms with Gasteiger partial charge in [-0.3, -0.25) is 4.79 Å². The molecule has 0 radical (unpaired) electrons. The molecule has 0 aromatic heterocycles. The summed E-state index contributed by atoms with van der Waals surface area (Å²) in [4.78, 5) is 15.5. The fourth-order valence-electron chi connectivity index (χ4n) is 2.52. The molecule has 0 saturated heterocycles. The molecule has 0 fully saturated rings. The molecule has 0 aliphatic carbocycles. The molecule has 0 bridgehead atoms. The molecule has 0 saturated carbocycles. The summed E-state index contributed by atoms with van der Waals surface area (Å²) >= 11 is 0. The summed E-state index contributed by atoms with van der Waals surface area (Å²) in [5.74, 6) is -0.649. The van der Waals surface area contributed by atoms with E-state index in [2.05, 4.69) is 4.99 Å². The van der Waals surface area contributed by atoms with E-state index in [1.807, 2.05) is 0 Å². The van der Waals surface area contributed by atoms with Gasteiger partial charge in [-0.1, -0.05) is 18.2 Å². The van der Waals surface area contributed by atoms with Crippen molar-refractivity contribution in [3.05, 3.63) is 53.1 Å². The third-order valence-corrected chi connectivity index (χ3v) is 5.31. The Bertz CT molecular complexity index is 977. The molecule has 1 heterocycles. The van der Waals surface area contributed by atoms with Gasteiger partial charge in [-0.05, 0) is 30.7 Å². The highest BCUT2D eigenvalue weighted by Crippen LogP contribution is 2.39. The van der Waals surface area contributed by atoms with E-state index in [0.717, 1.165) is 0 Å². The first-order valence-electron chi connectivity index (χ1n) is 7.05. The number of ether oxygens (including phenoxy) is 1. The second-order valence-electron chi connectivity index (χ2n) is 5.42. The summed E-state index contributed by atoms with van der Waals surface area (Å²) in [7, 11) is -3.68. The third-order valence-electron chi connectivity index (χ3n) is 3.62. The SMILES string of the molecule is Cc1cc2c(cc1C(=O)N=C(N)N)S(=O)(=O)Cc1ccccc1O2. The van der Waals surface area contributed by atoms with E-state index in [-0.39, 0.29) is 27.9 Å². The average Bonchev–Trinajstić information content (AvgIpc) is 2.58. The number of amides is 1. The second kappa shape index (κ2) is 5.64. The molecular formula is C16H15N3O4S. The minimum absolute atomic E-state index is 0.0570. The Kier molecular flexibility index (Phi) is 3.76. The maximum Gasteiger partial charge on any atom is 0.280 e. The van der Waals surface area contributed by atoms with Crippen LogP contribution in [0.2, 0.25) is 0 Å². The Morgan fingerprint density at radius 2 is 1.88 bits per heavy atom. The largest absolute Gasteiger partial charge is 0.456 e. The molecule has 2 aromatic rings. The van der Waals surface area contributed by atoms with Gasteiger partial charge in [-0.25, -0.2) is 8.42 Å². The topological polar surface area (TPSA) is 125 Å². The van der Waals surface area contributed by atoms with Crippen molar-refractivity contribution in [3.63, 3.8) is 0 Å². The van der Waals surface area contributed by atoms with Gasteiger partial charge < -0.3 is 16.2 Å². The van der Waals surface area contributed by atoms with Crippen LogP contribution in [0.25, 0.3) is 0 Å². The molecule has 4 N–H and O–H groups in total. The van der Waals surface area contributed by atoms with E-state index in [0.29, 0.717) is 16.9 Å².